The topological polar surface area (TPSA) is 46.2 Å². The number of aromatic hydroxyl groups is 1. The summed E-state index contributed by atoms with van der Waals surface area (Å²) >= 11 is 0. The van der Waals surface area contributed by atoms with Gasteiger partial charge in [0.25, 0.3) is 0 Å². The Morgan fingerprint density at radius 2 is 2.20 bits per heavy atom. The van der Waals surface area contributed by atoms with Crippen LogP contribution in [-0.2, 0) is 6.42 Å². The number of benzene rings is 1. The van der Waals surface area contributed by atoms with Crippen LogP contribution in [0.2, 0.25) is 0 Å². The molecule has 1 aromatic rings. The van der Waals surface area contributed by atoms with Gasteiger partial charge in [-0.25, -0.2) is 0 Å². The van der Waals surface area contributed by atoms with Gasteiger partial charge in [0.1, 0.15) is 5.75 Å². The lowest BCUT2D eigenvalue weighted by Gasteiger charge is -2.20. The van der Waals surface area contributed by atoms with E-state index in [4.69, 9.17) is 5.73 Å². The normalized spacial score (nSPS) is 23.9. The van der Waals surface area contributed by atoms with Crippen LogP contribution in [0.3, 0.4) is 0 Å². The predicted molar refractivity (Wildman–Crippen MR) is 60.6 cm³/mol. The van der Waals surface area contributed by atoms with E-state index in [1.165, 1.54) is 22.3 Å². The summed E-state index contributed by atoms with van der Waals surface area (Å²) in [6.07, 6.45) is 4.29. The minimum Gasteiger partial charge on any atom is -0.508 e. The Balaban J connectivity index is 2.08. The zero-order valence-corrected chi connectivity index (χ0v) is 8.66. The second kappa shape index (κ2) is 3.11. The van der Waals surface area contributed by atoms with Crippen molar-refractivity contribution in [2.45, 2.75) is 31.7 Å². The van der Waals surface area contributed by atoms with E-state index in [0.29, 0.717) is 11.8 Å². The van der Waals surface area contributed by atoms with Crippen molar-refractivity contribution in [3.63, 3.8) is 0 Å². The molecule has 2 nitrogen and oxygen atoms in total. The summed E-state index contributed by atoms with van der Waals surface area (Å²) in [5, 5.41) is 9.50. The molecule has 0 unspecified atom stereocenters. The molecule has 0 saturated carbocycles. The third-order valence-electron chi connectivity index (χ3n) is 3.53. The Morgan fingerprint density at radius 1 is 1.33 bits per heavy atom. The molecule has 78 valence electrons. The van der Waals surface area contributed by atoms with Crippen LogP contribution in [0.15, 0.2) is 23.8 Å². The molecule has 0 saturated heterocycles. The van der Waals surface area contributed by atoms with Crippen LogP contribution in [-0.4, -0.2) is 11.1 Å². The molecule has 0 spiro atoms. The Morgan fingerprint density at radius 3 is 3.07 bits per heavy atom. The summed E-state index contributed by atoms with van der Waals surface area (Å²) < 4.78 is 0. The van der Waals surface area contributed by atoms with Gasteiger partial charge >= 0.3 is 0 Å². The van der Waals surface area contributed by atoms with Crippen LogP contribution in [0.25, 0.3) is 5.57 Å². The van der Waals surface area contributed by atoms with Gasteiger partial charge in [0.15, 0.2) is 0 Å². The van der Waals surface area contributed by atoms with E-state index in [1.807, 2.05) is 12.1 Å². The first kappa shape index (κ1) is 8.98. The highest BCUT2D eigenvalue weighted by Gasteiger charge is 2.26. The molecule has 3 rings (SSSR count). The highest BCUT2D eigenvalue weighted by Crippen LogP contribution is 2.42. The second-order valence-corrected chi connectivity index (χ2v) is 4.60. The minimum atomic E-state index is 0.303. The van der Waals surface area contributed by atoms with E-state index in [-0.39, 0.29) is 0 Å². The molecule has 0 amide bonds. The van der Waals surface area contributed by atoms with Gasteiger partial charge < -0.3 is 10.8 Å². The van der Waals surface area contributed by atoms with Crippen LogP contribution < -0.4 is 5.73 Å². The van der Waals surface area contributed by atoms with Crippen LogP contribution in [0.4, 0.5) is 0 Å². The van der Waals surface area contributed by atoms with Crippen LogP contribution >= 0.6 is 0 Å². The number of hydrogen-bond acceptors (Lipinski definition) is 2. The van der Waals surface area contributed by atoms with Gasteiger partial charge in [-0.1, -0.05) is 11.6 Å². The van der Waals surface area contributed by atoms with Crippen molar-refractivity contribution < 1.29 is 5.11 Å². The summed E-state index contributed by atoms with van der Waals surface area (Å²) in [6, 6.07) is 6.00. The lowest BCUT2D eigenvalue weighted by Crippen LogP contribution is -2.23. The smallest absolute Gasteiger partial charge is 0.116 e. The Bertz CT molecular complexity index is 448. The number of nitrogens with two attached hydrogens (primary N) is 1. The molecule has 0 bridgehead atoms. The summed E-state index contributed by atoms with van der Waals surface area (Å²) in [5.41, 5.74) is 11.5. The van der Waals surface area contributed by atoms with E-state index in [1.54, 1.807) is 6.07 Å². The summed E-state index contributed by atoms with van der Waals surface area (Å²) in [5.74, 6) is 0.363. The third-order valence-corrected chi connectivity index (χ3v) is 3.53. The van der Waals surface area contributed by atoms with E-state index >= 15 is 0 Å². The molecule has 0 aliphatic heterocycles. The van der Waals surface area contributed by atoms with Crippen molar-refractivity contribution in [1.29, 1.82) is 0 Å². The van der Waals surface area contributed by atoms with Crippen LogP contribution in [0.1, 0.15) is 30.4 Å². The SMILES string of the molecule is N[C@H]1CCC2=C(C1)c1cc(O)ccc1C2. The van der Waals surface area contributed by atoms with Gasteiger partial charge in [-0.3, -0.25) is 0 Å². The van der Waals surface area contributed by atoms with Gasteiger partial charge in [0.2, 0.25) is 0 Å². The van der Waals surface area contributed by atoms with Crippen molar-refractivity contribution in [3.8, 4) is 5.75 Å². The first-order valence-corrected chi connectivity index (χ1v) is 5.53. The summed E-state index contributed by atoms with van der Waals surface area (Å²) in [4.78, 5) is 0. The molecule has 0 radical (unpaired) electrons. The van der Waals surface area contributed by atoms with Crippen molar-refractivity contribution in [3.05, 3.63) is 34.9 Å². The maximum Gasteiger partial charge on any atom is 0.116 e. The predicted octanol–water partition coefficient (Wildman–Crippen LogP) is 2.21. The number of fused-ring (bicyclic) bond motifs is 2. The maximum absolute atomic E-state index is 9.50. The Labute approximate surface area is 89.4 Å². The lowest BCUT2D eigenvalue weighted by atomic mass is 9.89. The second-order valence-electron chi connectivity index (χ2n) is 4.60. The minimum absolute atomic E-state index is 0.303. The fourth-order valence-corrected chi connectivity index (χ4v) is 2.74. The van der Waals surface area contributed by atoms with Crippen molar-refractivity contribution in [1.82, 2.24) is 0 Å². The molecule has 1 aromatic carbocycles. The van der Waals surface area contributed by atoms with Crippen molar-refractivity contribution >= 4 is 5.57 Å². The molecule has 3 N–H and O–H groups in total. The quantitative estimate of drug-likeness (QED) is 0.676. The Hall–Kier alpha value is -1.28. The summed E-state index contributed by atoms with van der Waals surface area (Å²) in [6.45, 7) is 0. The van der Waals surface area contributed by atoms with Crippen LogP contribution in [0, 0.1) is 0 Å². The van der Waals surface area contributed by atoms with Gasteiger partial charge in [-0.2, -0.15) is 0 Å². The first-order valence-electron chi connectivity index (χ1n) is 5.53. The van der Waals surface area contributed by atoms with E-state index in [9.17, 15) is 5.11 Å². The molecule has 2 heteroatoms. The third kappa shape index (κ3) is 1.37. The van der Waals surface area contributed by atoms with Gasteiger partial charge in [-0.05, 0) is 54.5 Å². The molecule has 1 atom stereocenters. The molecule has 2 aliphatic carbocycles. The van der Waals surface area contributed by atoms with Gasteiger partial charge in [0.05, 0.1) is 0 Å². The van der Waals surface area contributed by atoms with E-state index in [2.05, 4.69) is 0 Å². The average molecular weight is 201 g/mol. The number of phenols is 1. The number of hydrogen-bond donors (Lipinski definition) is 2. The maximum atomic E-state index is 9.50. The highest BCUT2D eigenvalue weighted by atomic mass is 16.3. The molecule has 0 aromatic heterocycles. The highest BCUT2D eigenvalue weighted by molar-refractivity contribution is 5.78. The zero-order chi connectivity index (χ0) is 10.4. The molecule has 2 aliphatic rings. The Kier molecular flexibility index (Phi) is 1.86. The summed E-state index contributed by atoms with van der Waals surface area (Å²) in [7, 11) is 0. The molecular formula is C13H15NO. The molecular weight excluding hydrogens is 186 g/mol. The molecule has 0 heterocycles. The number of allylic oxidation sites excluding steroid dienone is 1. The van der Waals surface area contributed by atoms with E-state index < -0.39 is 0 Å². The first-order chi connectivity index (χ1) is 7.24. The van der Waals surface area contributed by atoms with E-state index in [0.717, 1.165) is 25.7 Å². The largest absolute Gasteiger partial charge is 0.508 e. The van der Waals surface area contributed by atoms with Crippen LogP contribution in [0.5, 0.6) is 5.75 Å². The van der Waals surface area contributed by atoms with Crippen molar-refractivity contribution in [2.75, 3.05) is 0 Å². The molecule has 0 fully saturated rings. The number of rotatable bonds is 0. The zero-order valence-electron chi connectivity index (χ0n) is 8.66. The lowest BCUT2D eigenvalue weighted by molar-refractivity contribution is 0.475. The number of phenolic OH excluding ortho intramolecular Hbond substituents is 1. The van der Waals surface area contributed by atoms with Gasteiger partial charge in [0, 0.05) is 6.04 Å². The standard InChI is InChI=1S/C13H15NO/c14-10-3-1-8-5-9-2-4-11(15)7-13(9)12(8)6-10/h2,4,7,10,15H,1,3,5-6,14H2/t10-/m0/s1. The average Bonchev–Trinajstić information content (AvgIpc) is 2.56. The fourth-order valence-electron chi connectivity index (χ4n) is 2.74. The molecule has 15 heavy (non-hydrogen) atoms. The van der Waals surface area contributed by atoms with Crippen molar-refractivity contribution in [2.24, 2.45) is 5.73 Å². The monoisotopic (exact) mass is 201 g/mol. The van der Waals surface area contributed by atoms with Gasteiger partial charge in [-0.15, -0.1) is 0 Å². The fraction of sp³-hybridized carbons (Fsp3) is 0.385.